The van der Waals surface area contributed by atoms with E-state index in [4.69, 9.17) is 0 Å². The van der Waals surface area contributed by atoms with E-state index in [1.165, 1.54) is 5.56 Å². The Kier molecular flexibility index (Phi) is 3.69. The van der Waals surface area contributed by atoms with Crippen LogP contribution in [0, 0.1) is 6.92 Å². The first kappa shape index (κ1) is 13.4. The normalized spacial score (nSPS) is 21.9. The van der Waals surface area contributed by atoms with Crippen LogP contribution in [0.4, 0.5) is 5.69 Å². The molecule has 0 unspecified atom stereocenters. The zero-order valence-corrected chi connectivity index (χ0v) is 12.2. The average molecular weight is 264 g/mol. The molecule has 1 atom stereocenters. The van der Waals surface area contributed by atoms with Gasteiger partial charge in [0.15, 0.2) is 0 Å². The molecule has 0 aliphatic carbocycles. The van der Waals surface area contributed by atoms with Gasteiger partial charge in [0.25, 0.3) is 0 Å². The summed E-state index contributed by atoms with van der Waals surface area (Å²) in [5.74, 6) is 0.973. The third kappa shape index (κ3) is 2.54. The number of rotatable bonds is 2. The molecular weight excluding hydrogens is 244 g/mol. The second-order valence-electron chi connectivity index (χ2n) is 5.27. The number of nitrogens with one attached hydrogen (secondary N) is 1. The Balaban J connectivity index is 2.19. The third-order valence-electron chi connectivity index (χ3n) is 3.39. The number of hydrogen-bond acceptors (Lipinski definition) is 3. The molecule has 0 bridgehead atoms. The van der Waals surface area contributed by atoms with Crippen LogP contribution in [0.3, 0.4) is 0 Å². The monoisotopic (exact) mass is 264 g/mol. The van der Waals surface area contributed by atoms with Crippen LogP contribution in [0.15, 0.2) is 24.3 Å². The van der Waals surface area contributed by atoms with Gasteiger partial charge in [-0.25, -0.2) is 0 Å². The number of anilines is 1. The molecule has 1 aliphatic rings. The number of carbonyl (C=O) groups excluding carboxylic acids is 1. The Morgan fingerprint density at radius 3 is 2.78 bits per heavy atom. The van der Waals surface area contributed by atoms with Crippen LogP contribution in [0.1, 0.15) is 19.4 Å². The molecule has 1 aromatic carbocycles. The predicted octanol–water partition coefficient (Wildman–Crippen LogP) is 2.40. The van der Waals surface area contributed by atoms with Crippen molar-refractivity contribution in [3.8, 4) is 0 Å². The van der Waals surface area contributed by atoms with Gasteiger partial charge < -0.3 is 4.90 Å². The highest BCUT2D eigenvalue weighted by atomic mass is 32.2. The van der Waals surface area contributed by atoms with Gasteiger partial charge in [0.1, 0.15) is 6.04 Å². The first-order chi connectivity index (χ1) is 8.42. The fraction of sp³-hybridized carbons (Fsp3) is 0.500. The standard InChI is InChI=1S/C14H20N2OS/c1-10-6-5-7-11(8-10)16(4)13(17)12-14(2,3)18-9-15-12/h5-8,12,15H,9H2,1-4H3/t12-/m1/s1. The van der Waals surface area contributed by atoms with Gasteiger partial charge in [0.05, 0.1) is 0 Å². The van der Waals surface area contributed by atoms with E-state index in [-0.39, 0.29) is 16.7 Å². The predicted molar refractivity (Wildman–Crippen MR) is 78.0 cm³/mol. The Bertz CT molecular complexity index is 459. The Morgan fingerprint density at radius 1 is 1.50 bits per heavy atom. The lowest BCUT2D eigenvalue weighted by Gasteiger charge is -2.29. The van der Waals surface area contributed by atoms with E-state index in [2.05, 4.69) is 19.2 Å². The molecule has 2 rings (SSSR count). The maximum atomic E-state index is 12.5. The van der Waals surface area contributed by atoms with E-state index in [0.29, 0.717) is 0 Å². The van der Waals surface area contributed by atoms with Crippen LogP contribution < -0.4 is 10.2 Å². The number of benzene rings is 1. The quantitative estimate of drug-likeness (QED) is 0.890. The summed E-state index contributed by atoms with van der Waals surface area (Å²) < 4.78 is -0.0465. The molecule has 98 valence electrons. The Morgan fingerprint density at radius 2 is 2.22 bits per heavy atom. The molecule has 4 heteroatoms. The van der Waals surface area contributed by atoms with Crippen LogP contribution in [0.2, 0.25) is 0 Å². The number of nitrogens with zero attached hydrogens (tertiary/aromatic N) is 1. The van der Waals surface area contributed by atoms with E-state index in [1.54, 1.807) is 16.7 Å². The Labute approximate surface area is 113 Å². The first-order valence-electron chi connectivity index (χ1n) is 6.13. The average Bonchev–Trinajstić information content (AvgIpc) is 2.67. The van der Waals surface area contributed by atoms with Crippen molar-refractivity contribution in [2.24, 2.45) is 0 Å². The molecule has 0 aromatic heterocycles. The van der Waals surface area contributed by atoms with Crippen molar-refractivity contribution in [2.45, 2.75) is 31.6 Å². The van der Waals surface area contributed by atoms with E-state index in [0.717, 1.165) is 11.6 Å². The molecule has 1 aliphatic heterocycles. The molecule has 1 heterocycles. The van der Waals surface area contributed by atoms with Crippen LogP contribution in [-0.2, 0) is 4.79 Å². The number of thioether (sulfide) groups is 1. The molecule has 1 amide bonds. The van der Waals surface area contributed by atoms with Gasteiger partial charge in [-0.1, -0.05) is 12.1 Å². The molecule has 0 radical (unpaired) electrons. The van der Waals surface area contributed by atoms with Crippen molar-refractivity contribution in [2.75, 3.05) is 17.8 Å². The molecule has 0 spiro atoms. The number of likely N-dealkylation sites (N-methyl/N-ethyl adjacent to an activating group) is 1. The molecule has 3 nitrogen and oxygen atoms in total. The zero-order valence-electron chi connectivity index (χ0n) is 11.4. The first-order valence-corrected chi connectivity index (χ1v) is 7.12. The highest BCUT2D eigenvalue weighted by Gasteiger charge is 2.41. The lowest BCUT2D eigenvalue weighted by Crippen LogP contribution is -2.50. The summed E-state index contributed by atoms with van der Waals surface area (Å²) >= 11 is 1.79. The van der Waals surface area contributed by atoms with Gasteiger partial charge in [-0.15, -0.1) is 11.8 Å². The van der Waals surface area contributed by atoms with Crippen molar-refractivity contribution in [1.29, 1.82) is 0 Å². The highest BCUT2D eigenvalue weighted by molar-refractivity contribution is 8.00. The van der Waals surface area contributed by atoms with Gasteiger partial charge in [-0.2, -0.15) is 0 Å². The lowest BCUT2D eigenvalue weighted by molar-refractivity contribution is -0.120. The smallest absolute Gasteiger partial charge is 0.245 e. The van der Waals surface area contributed by atoms with Crippen LogP contribution >= 0.6 is 11.8 Å². The molecular formula is C14H20N2OS. The minimum absolute atomic E-state index is 0.0465. The number of carbonyl (C=O) groups is 1. The molecule has 18 heavy (non-hydrogen) atoms. The van der Waals surface area contributed by atoms with Crippen LogP contribution in [0.25, 0.3) is 0 Å². The zero-order chi connectivity index (χ0) is 13.3. The summed E-state index contributed by atoms with van der Waals surface area (Å²) in [5.41, 5.74) is 2.12. The largest absolute Gasteiger partial charge is 0.314 e. The second kappa shape index (κ2) is 4.94. The van der Waals surface area contributed by atoms with Crippen molar-refractivity contribution in [3.05, 3.63) is 29.8 Å². The van der Waals surface area contributed by atoms with Crippen LogP contribution in [-0.4, -0.2) is 29.6 Å². The van der Waals surface area contributed by atoms with Crippen molar-refractivity contribution < 1.29 is 4.79 Å². The summed E-state index contributed by atoms with van der Waals surface area (Å²) in [6, 6.07) is 7.91. The van der Waals surface area contributed by atoms with Gasteiger partial charge in [0, 0.05) is 23.4 Å². The second-order valence-corrected chi connectivity index (χ2v) is 6.90. The summed E-state index contributed by atoms with van der Waals surface area (Å²) in [7, 11) is 1.85. The maximum absolute atomic E-state index is 12.5. The fourth-order valence-electron chi connectivity index (χ4n) is 2.18. The highest BCUT2D eigenvalue weighted by Crippen LogP contribution is 2.34. The van der Waals surface area contributed by atoms with E-state index in [1.807, 2.05) is 38.2 Å². The van der Waals surface area contributed by atoms with Crippen molar-refractivity contribution in [1.82, 2.24) is 5.32 Å². The van der Waals surface area contributed by atoms with Gasteiger partial charge in [-0.05, 0) is 38.5 Å². The maximum Gasteiger partial charge on any atom is 0.245 e. The summed E-state index contributed by atoms with van der Waals surface area (Å²) in [6.45, 7) is 6.27. The topological polar surface area (TPSA) is 32.3 Å². The van der Waals surface area contributed by atoms with E-state index in [9.17, 15) is 4.79 Å². The van der Waals surface area contributed by atoms with Crippen LogP contribution in [0.5, 0.6) is 0 Å². The molecule has 1 fully saturated rings. The van der Waals surface area contributed by atoms with E-state index >= 15 is 0 Å². The summed E-state index contributed by atoms with van der Waals surface area (Å²) in [4.78, 5) is 14.3. The molecule has 1 saturated heterocycles. The summed E-state index contributed by atoms with van der Waals surface area (Å²) in [6.07, 6.45) is 0. The van der Waals surface area contributed by atoms with Gasteiger partial charge >= 0.3 is 0 Å². The van der Waals surface area contributed by atoms with Crippen molar-refractivity contribution >= 4 is 23.4 Å². The number of hydrogen-bond donors (Lipinski definition) is 1. The minimum Gasteiger partial charge on any atom is -0.314 e. The molecule has 1 N–H and O–H groups in total. The summed E-state index contributed by atoms with van der Waals surface area (Å²) in [5, 5.41) is 3.28. The number of aryl methyl sites for hydroxylation is 1. The lowest BCUT2D eigenvalue weighted by atomic mass is 10.0. The molecule has 1 aromatic rings. The minimum atomic E-state index is -0.118. The van der Waals surface area contributed by atoms with E-state index < -0.39 is 0 Å². The van der Waals surface area contributed by atoms with Gasteiger partial charge in [-0.3, -0.25) is 10.1 Å². The van der Waals surface area contributed by atoms with Crippen molar-refractivity contribution in [3.63, 3.8) is 0 Å². The third-order valence-corrected chi connectivity index (χ3v) is 4.68. The number of amides is 1. The van der Waals surface area contributed by atoms with Gasteiger partial charge in [0.2, 0.25) is 5.91 Å². The SMILES string of the molecule is Cc1cccc(N(C)C(=O)[C@H]2NCSC2(C)C)c1. The molecule has 0 saturated carbocycles. The fourth-order valence-corrected chi connectivity index (χ4v) is 3.16. The Hall–Kier alpha value is -1.00.